The third kappa shape index (κ3) is 5.85. The maximum absolute atomic E-state index is 4.33. The Hall–Kier alpha value is -0.670. The number of rotatable bonds is 4. The predicted molar refractivity (Wildman–Crippen MR) is 108 cm³/mol. The van der Waals surface area contributed by atoms with Crippen molar-refractivity contribution in [3.8, 4) is 0 Å². The van der Waals surface area contributed by atoms with Gasteiger partial charge in [0.2, 0.25) is 0 Å². The summed E-state index contributed by atoms with van der Waals surface area (Å²) in [6.45, 7) is 3.58. The summed E-state index contributed by atoms with van der Waals surface area (Å²) >= 11 is 5.16. The number of nitrogens with zero attached hydrogens (tertiary/aromatic N) is 3. The van der Waals surface area contributed by atoms with Gasteiger partial charge in [0.15, 0.2) is 5.96 Å². The first kappa shape index (κ1) is 19.4. The maximum atomic E-state index is 4.33. The molecular formula is C15H20BrIN4S. The van der Waals surface area contributed by atoms with Crippen LogP contribution in [0.4, 0.5) is 0 Å². The van der Waals surface area contributed by atoms with Crippen molar-refractivity contribution in [2.45, 2.75) is 20.0 Å². The second kappa shape index (κ2) is 9.46. The van der Waals surface area contributed by atoms with Gasteiger partial charge in [-0.3, -0.25) is 4.99 Å². The molecule has 1 heterocycles. The molecule has 0 spiro atoms. The SMILES string of the molecule is CN=C(NCc1cnc(C)s1)N(C)Cc1ccc(Br)cc1.I. The smallest absolute Gasteiger partial charge is 0.193 e. The average molecular weight is 495 g/mol. The van der Waals surface area contributed by atoms with Crippen LogP contribution in [0.15, 0.2) is 39.9 Å². The molecule has 0 aliphatic rings. The first-order chi connectivity index (χ1) is 10.1. The molecule has 1 aromatic heterocycles. The maximum Gasteiger partial charge on any atom is 0.193 e. The van der Waals surface area contributed by atoms with Gasteiger partial charge in [0, 0.05) is 36.2 Å². The number of halogens is 2. The molecule has 0 saturated heterocycles. The summed E-state index contributed by atoms with van der Waals surface area (Å²) in [6.07, 6.45) is 1.91. The van der Waals surface area contributed by atoms with Crippen LogP contribution >= 0.6 is 51.2 Å². The van der Waals surface area contributed by atoms with E-state index in [2.05, 4.69) is 60.4 Å². The number of aryl methyl sites for hydroxylation is 1. The Morgan fingerprint density at radius 1 is 1.36 bits per heavy atom. The Balaban J connectivity index is 0.00000242. The van der Waals surface area contributed by atoms with Crippen LogP contribution in [-0.2, 0) is 13.1 Å². The Morgan fingerprint density at radius 2 is 2.05 bits per heavy atom. The van der Waals surface area contributed by atoms with Gasteiger partial charge in [0.25, 0.3) is 0 Å². The molecule has 1 aromatic carbocycles. The number of thiazole rings is 1. The van der Waals surface area contributed by atoms with E-state index < -0.39 is 0 Å². The van der Waals surface area contributed by atoms with Crippen molar-refractivity contribution in [1.29, 1.82) is 0 Å². The van der Waals surface area contributed by atoms with Gasteiger partial charge in [0.1, 0.15) is 0 Å². The molecule has 2 rings (SSSR count). The topological polar surface area (TPSA) is 40.5 Å². The second-order valence-electron chi connectivity index (χ2n) is 4.73. The zero-order valence-electron chi connectivity index (χ0n) is 12.8. The average Bonchev–Trinajstić information content (AvgIpc) is 2.88. The number of aliphatic imine (C=N–C) groups is 1. The highest BCUT2D eigenvalue weighted by Gasteiger charge is 2.07. The van der Waals surface area contributed by atoms with Crippen molar-refractivity contribution in [3.63, 3.8) is 0 Å². The van der Waals surface area contributed by atoms with E-state index in [1.807, 2.05) is 20.2 Å². The molecule has 7 heteroatoms. The normalized spacial score (nSPS) is 11.0. The third-order valence-electron chi connectivity index (χ3n) is 3.00. The van der Waals surface area contributed by atoms with Crippen LogP contribution in [0.25, 0.3) is 0 Å². The van der Waals surface area contributed by atoms with Gasteiger partial charge < -0.3 is 10.2 Å². The summed E-state index contributed by atoms with van der Waals surface area (Å²) in [6, 6.07) is 8.33. The van der Waals surface area contributed by atoms with Crippen molar-refractivity contribution in [2.24, 2.45) is 4.99 Å². The zero-order chi connectivity index (χ0) is 15.2. The molecule has 22 heavy (non-hydrogen) atoms. The van der Waals surface area contributed by atoms with Crippen molar-refractivity contribution in [3.05, 3.63) is 50.4 Å². The summed E-state index contributed by atoms with van der Waals surface area (Å²) in [5, 5.41) is 4.46. The van der Waals surface area contributed by atoms with Crippen LogP contribution in [0.3, 0.4) is 0 Å². The fourth-order valence-corrected chi connectivity index (χ4v) is 2.98. The quantitative estimate of drug-likeness (QED) is 0.396. The molecule has 0 saturated carbocycles. The van der Waals surface area contributed by atoms with Crippen LogP contribution in [0.1, 0.15) is 15.4 Å². The zero-order valence-corrected chi connectivity index (χ0v) is 17.6. The van der Waals surface area contributed by atoms with Crippen molar-refractivity contribution in [2.75, 3.05) is 14.1 Å². The van der Waals surface area contributed by atoms with E-state index in [4.69, 9.17) is 0 Å². The number of hydrogen-bond acceptors (Lipinski definition) is 3. The Labute approximate surface area is 161 Å². The number of hydrogen-bond donors (Lipinski definition) is 1. The lowest BCUT2D eigenvalue weighted by Gasteiger charge is -2.22. The fourth-order valence-electron chi connectivity index (χ4n) is 1.98. The van der Waals surface area contributed by atoms with Gasteiger partial charge >= 0.3 is 0 Å². The lowest BCUT2D eigenvalue weighted by molar-refractivity contribution is 0.477. The minimum Gasteiger partial charge on any atom is -0.351 e. The highest BCUT2D eigenvalue weighted by molar-refractivity contribution is 14.0. The molecule has 0 aliphatic carbocycles. The molecule has 4 nitrogen and oxygen atoms in total. The van der Waals surface area contributed by atoms with E-state index >= 15 is 0 Å². The van der Waals surface area contributed by atoms with Gasteiger partial charge in [0.05, 0.1) is 11.6 Å². The first-order valence-electron chi connectivity index (χ1n) is 6.66. The molecule has 0 atom stereocenters. The summed E-state index contributed by atoms with van der Waals surface area (Å²) in [7, 11) is 3.84. The molecule has 0 aliphatic heterocycles. The van der Waals surface area contributed by atoms with Crippen LogP contribution in [-0.4, -0.2) is 29.9 Å². The van der Waals surface area contributed by atoms with Gasteiger partial charge in [-0.25, -0.2) is 4.98 Å². The van der Waals surface area contributed by atoms with E-state index in [9.17, 15) is 0 Å². The van der Waals surface area contributed by atoms with Crippen molar-refractivity contribution >= 4 is 57.2 Å². The fraction of sp³-hybridized carbons (Fsp3) is 0.333. The molecule has 1 N–H and O–H groups in total. The highest BCUT2D eigenvalue weighted by atomic mass is 127. The highest BCUT2D eigenvalue weighted by Crippen LogP contribution is 2.13. The Morgan fingerprint density at radius 3 is 2.59 bits per heavy atom. The predicted octanol–water partition coefficient (Wildman–Crippen LogP) is 4.04. The second-order valence-corrected chi connectivity index (χ2v) is 6.96. The Bertz CT molecular complexity index is 612. The largest absolute Gasteiger partial charge is 0.351 e. The summed E-state index contributed by atoms with van der Waals surface area (Å²) < 4.78 is 1.09. The minimum absolute atomic E-state index is 0. The number of nitrogens with one attached hydrogen (secondary N) is 1. The van der Waals surface area contributed by atoms with Crippen molar-refractivity contribution < 1.29 is 0 Å². The molecule has 0 unspecified atom stereocenters. The lowest BCUT2D eigenvalue weighted by Crippen LogP contribution is -2.37. The van der Waals surface area contributed by atoms with E-state index in [0.717, 1.165) is 28.5 Å². The standard InChI is InChI=1S/C15H19BrN4S.HI/c1-11-18-8-14(21-11)9-19-15(17-2)20(3)10-12-4-6-13(16)7-5-12;/h4-8H,9-10H2,1-3H3,(H,17,19);1H. The van der Waals surface area contributed by atoms with Crippen LogP contribution in [0.5, 0.6) is 0 Å². The summed E-state index contributed by atoms with van der Waals surface area (Å²) in [5.41, 5.74) is 1.25. The van der Waals surface area contributed by atoms with Crippen LogP contribution in [0, 0.1) is 6.92 Å². The Kier molecular flexibility index (Phi) is 8.34. The van der Waals surface area contributed by atoms with Crippen molar-refractivity contribution in [1.82, 2.24) is 15.2 Å². The molecule has 0 amide bonds. The van der Waals surface area contributed by atoms with Gasteiger partial charge in [-0.1, -0.05) is 28.1 Å². The van der Waals surface area contributed by atoms with Gasteiger partial charge in [-0.05, 0) is 24.6 Å². The lowest BCUT2D eigenvalue weighted by atomic mass is 10.2. The molecule has 2 aromatic rings. The van der Waals surface area contributed by atoms with E-state index in [1.54, 1.807) is 18.4 Å². The van der Waals surface area contributed by atoms with Crippen LogP contribution in [0.2, 0.25) is 0 Å². The van der Waals surface area contributed by atoms with Gasteiger partial charge in [-0.2, -0.15) is 0 Å². The van der Waals surface area contributed by atoms with E-state index in [0.29, 0.717) is 0 Å². The van der Waals surface area contributed by atoms with E-state index in [-0.39, 0.29) is 24.0 Å². The molecule has 0 bridgehead atoms. The van der Waals surface area contributed by atoms with Crippen LogP contribution < -0.4 is 5.32 Å². The minimum atomic E-state index is 0. The summed E-state index contributed by atoms with van der Waals surface area (Å²) in [5.74, 6) is 0.879. The molecule has 120 valence electrons. The van der Waals surface area contributed by atoms with Gasteiger partial charge in [-0.15, -0.1) is 35.3 Å². The van der Waals surface area contributed by atoms with E-state index in [1.165, 1.54) is 10.4 Å². The first-order valence-corrected chi connectivity index (χ1v) is 8.27. The molecule has 0 fully saturated rings. The summed E-state index contributed by atoms with van der Waals surface area (Å²) in [4.78, 5) is 11.9. The molecule has 0 radical (unpaired) electrons. The monoisotopic (exact) mass is 494 g/mol. The number of guanidine groups is 1. The number of benzene rings is 1. The third-order valence-corrected chi connectivity index (χ3v) is 4.44. The number of aromatic nitrogens is 1. The molecular weight excluding hydrogens is 475 g/mol.